The van der Waals surface area contributed by atoms with Crippen molar-refractivity contribution in [2.75, 3.05) is 5.32 Å². The number of benzene rings is 1. The Morgan fingerprint density at radius 3 is 3.00 bits per heavy atom. The minimum absolute atomic E-state index is 0.219. The van der Waals surface area contributed by atoms with Gasteiger partial charge in [0.25, 0.3) is 5.91 Å². The van der Waals surface area contributed by atoms with E-state index in [0.717, 1.165) is 10.9 Å². The molecule has 3 aromatic rings. The van der Waals surface area contributed by atoms with E-state index in [1.165, 1.54) is 6.20 Å². The van der Waals surface area contributed by atoms with Crippen LogP contribution >= 0.6 is 11.6 Å². The number of hydrogen-bond acceptors (Lipinski definition) is 2. The number of amides is 1. The molecule has 3 N–H and O–H groups in total. The van der Waals surface area contributed by atoms with Crippen LogP contribution in [-0.2, 0) is 0 Å². The number of nitrogens with one attached hydrogen (secondary N) is 3. The van der Waals surface area contributed by atoms with Crippen LogP contribution < -0.4 is 5.32 Å². The van der Waals surface area contributed by atoms with Gasteiger partial charge in [-0.1, -0.05) is 17.7 Å². The lowest BCUT2D eigenvalue weighted by molar-refractivity contribution is 0.102. The number of hydrogen-bond donors (Lipinski definition) is 3. The second-order valence-electron chi connectivity index (χ2n) is 3.86. The van der Waals surface area contributed by atoms with Crippen molar-refractivity contribution in [2.45, 2.75) is 0 Å². The van der Waals surface area contributed by atoms with Crippen LogP contribution in [0, 0.1) is 0 Å². The molecule has 6 heteroatoms. The molecule has 0 saturated heterocycles. The maximum Gasteiger partial charge on any atom is 0.272 e. The average molecular weight is 261 g/mol. The lowest BCUT2D eigenvalue weighted by Crippen LogP contribution is -2.11. The fourth-order valence-corrected chi connectivity index (χ4v) is 1.91. The maximum atomic E-state index is 11.9. The number of rotatable bonds is 2. The second-order valence-corrected chi connectivity index (χ2v) is 4.29. The minimum atomic E-state index is -0.219. The molecule has 0 aliphatic carbocycles. The molecule has 0 fully saturated rings. The van der Waals surface area contributed by atoms with E-state index in [9.17, 15) is 4.79 Å². The van der Waals surface area contributed by atoms with Crippen molar-refractivity contribution in [3.05, 3.63) is 47.4 Å². The molecular weight excluding hydrogens is 252 g/mol. The molecule has 90 valence electrons. The number of fused-ring (bicyclic) bond motifs is 1. The smallest absolute Gasteiger partial charge is 0.272 e. The van der Waals surface area contributed by atoms with Gasteiger partial charge in [-0.25, -0.2) is 0 Å². The molecule has 0 radical (unpaired) electrons. The summed E-state index contributed by atoms with van der Waals surface area (Å²) in [6.45, 7) is 0. The maximum absolute atomic E-state index is 11.9. The Kier molecular flexibility index (Phi) is 2.53. The first-order chi connectivity index (χ1) is 8.72. The third-order valence-corrected chi connectivity index (χ3v) is 2.82. The summed E-state index contributed by atoms with van der Waals surface area (Å²) in [6, 6.07) is 7.21. The molecule has 18 heavy (non-hydrogen) atoms. The summed E-state index contributed by atoms with van der Waals surface area (Å²) < 4.78 is 0. The minimum Gasteiger partial charge on any atom is -0.350 e. The predicted molar refractivity (Wildman–Crippen MR) is 69.8 cm³/mol. The number of nitrogens with zero attached hydrogens (tertiary/aromatic N) is 1. The molecule has 0 aliphatic rings. The molecule has 1 amide bonds. The molecule has 0 aliphatic heterocycles. The quantitative estimate of drug-likeness (QED) is 0.663. The SMILES string of the molecule is O=C(Nc1cn[nH]c1)c1cc2ccc(Cl)cc2[nH]1. The summed E-state index contributed by atoms with van der Waals surface area (Å²) in [7, 11) is 0. The zero-order valence-electron chi connectivity index (χ0n) is 9.20. The Balaban J connectivity index is 1.92. The van der Waals surface area contributed by atoms with E-state index in [1.54, 1.807) is 24.4 Å². The van der Waals surface area contributed by atoms with Gasteiger partial charge in [0, 0.05) is 22.1 Å². The molecule has 0 saturated carbocycles. The normalized spacial score (nSPS) is 10.7. The van der Waals surface area contributed by atoms with Gasteiger partial charge >= 0.3 is 0 Å². The highest BCUT2D eigenvalue weighted by Crippen LogP contribution is 2.20. The Bertz CT molecular complexity index is 702. The zero-order valence-corrected chi connectivity index (χ0v) is 9.95. The summed E-state index contributed by atoms with van der Waals surface area (Å²) in [6.07, 6.45) is 3.15. The number of carbonyl (C=O) groups excluding carboxylic acids is 1. The van der Waals surface area contributed by atoms with Gasteiger partial charge in [-0.05, 0) is 18.2 Å². The third-order valence-electron chi connectivity index (χ3n) is 2.59. The van der Waals surface area contributed by atoms with E-state index in [4.69, 9.17) is 11.6 Å². The lowest BCUT2D eigenvalue weighted by Gasteiger charge is -1.98. The van der Waals surface area contributed by atoms with E-state index in [0.29, 0.717) is 16.4 Å². The van der Waals surface area contributed by atoms with E-state index in [2.05, 4.69) is 20.5 Å². The van der Waals surface area contributed by atoms with Gasteiger partial charge in [0.15, 0.2) is 0 Å². The van der Waals surface area contributed by atoms with Crippen molar-refractivity contribution in [1.29, 1.82) is 0 Å². The van der Waals surface area contributed by atoms with Crippen molar-refractivity contribution < 1.29 is 4.79 Å². The highest BCUT2D eigenvalue weighted by molar-refractivity contribution is 6.31. The molecule has 1 aromatic carbocycles. The summed E-state index contributed by atoms with van der Waals surface area (Å²) in [4.78, 5) is 15.0. The van der Waals surface area contributed by atoms with Crippen molar-refractivity contribution in [2.24, 2.45) is 0 Å². The molecule has 2 aromatic heterocycles. The van der Waals surface area contributed by atoms with Crippen molar-refractivity contribution in [3.8, 4) is 0 Å². The first-order valence-electron chi connectivity index (χ1n) is 5.31. The zero-order chi connectivity index (χ0) is 12.5. The average Bonchev–Trinajstić information content (AvgIpc) is 2.96. The number of halogens is 1. The predicted octanol–water partition coefficient (Wildman–Crippen LogP) is 2.80. The monoisotopic (exact) mass is 260 g/mol. The second kappa shape index (κ2) is 4.19. The van der Waals surface area contributed by atoms with Crippen LogP contribution in [0.25, 0.3) is 10.9 Å². The standard InChI is InChI=1S/C12H9ClN4O/c13-8-2-1-7-3-11(17-10(7)4-8)12(18)16-9-5-14-15-6-9/h1-6,17H,(H,14,15)(H,16,18). The molecular formula is C12H9ClN4O. The Morgan fingerprint density at radius 2 is 2.22 bits per heavy atom. The van der Waals surface area contributed by atoms with E-state index in [1.807, 2.05) is 6.07 Å². The van der Waals surface area contributed by atoms with Crippen LogP contribution in [-0.4, -0.2) is 21.1 Å². The Labute approximate surface area is 107 Å². The highest BCUT2D eigenvalue weighted by atomic mass is 35.5. The van der Waals surface area contributed by atoms with E-state index >= 15 is 0 Å². The van der Waals surface area contributed by atoms with Crippen molar-refractivity contribution in [3.63, 3.8) is 0 Å². The summed E-state index contributed by atoms with van der Waals surface area (Å²) in [5.41, 5.74) is 1.94. The first kappa shape index (κ1) is 10.9. The van der Waals surface area contributed by atoms with E-state index in [-0.39, 0.29) is 5.91 Å². The van der Waals surface area contributed by atoms with Gasteiger partial charge in [-0.3, -0.25) is 9.89 Å². The topological polar surface area (TPSA) is 73.6 Å². The molecule has 0 unspecified atom stereocenters. The molecule has 0 atom stereocenters. The molecule has 0 bridgehead atoms. The van der Waals surface area contributed by atoms with Crippen LogP contribution in [0.4, 0.5) is 5.69 Å². The van der Waals surface area contributed by atoms with Crippen LogP contribution in [0.2, 0.25) is 5.02 Å². The number of carbonyl (C=O) groups is 1. The fourth-order valence-electron chi connectivity index (χ4n) is 1.74. The Hall–Kier alpha value is -2.27. The summed E-state index contributed by atoms with van der Waals surface area (Å²) in [5.74, 6) is -0.219. The Morgan fingerprint density at radius 1 is 1.33 bits per heavy atom. The lowest BCUT2D eigenvalue weighted by atomic mass is 10.2. The third kappa shape index (κ3) is 1.96. The van der Waals surface area contributed by atoms with E-state index < -0.39 is 0 Å². The van der Waals surface area contributed by atoms with Crippen molar-refractivity contribution in [1.82, 2.24) is 15.2 Å². The van der Waals surface area contributed by atoms with Gasteiger partial charge < -0.3 is 10.3 Å². The first-order valence-corrected chi connectivity index (χ1v) is 5.68. The molecule has 2 heterocycles. The number of anilines is 1. The van der Waals surface area contributed by atoms with Gasteiger partial charge in [0.05, 0.1) is 11.9 Å². The number of H-pyrrole nitrogens is 2. The molecule has 0 spiro atoms. The van der Waals surface area contributed by atoms with Gasteiger partial charge in [-0.15, -0.1) is 0 Å². The highest BCUT2D eigenvalue weighted by Gasteiger charge is 2.10. The molecule has 5 nitrogen and oxygen atoms in total. The summed E-state index contributed by atoms with van der Waals surface area (Å²) in [5, 5.41) is 10.7. The largest absolute Gasteiger partial charge is 0.350 e. The van der Waals surface area contributed by atoms with Crippen molar-refractivity contribution >= 4 is 34.1 Å². The summed E-state index contributed by atoms with van der Waals surface area (Å²) >= 11 is 5.89. The number of aromatic amines is 2. The van der Waals surface area contributed by atoms with Crippen LogP contribution in [0.1, 0.15) is 10.5 Å². The number of aromatic nitrogens is 3. The van der Waals surface area contributed by atoms with Crippen LogP contribution in [0.15, 0.2) is 36.7 Å². The van der Waals surface area contributed by atoms with Crippen LogP contribution in [0.5, 0.6) is 0 Å². The van der Waals surface area contributed by atoms with Crippen LogP contribution in [0.3, 0.4) is 0 Å². The van der Waals surface area contributed by atoms with Gasteiger partial charge in [-0.2, -0.15) is 5.10 Å². The molecule has 3 rings (SSSR count). The van der Waals surface area contributed by atoms with Gasteiger partial charge in [0.1, 0.15) is 5.69 Å². The van der Waals surface area contributed by atoms with Gasteiger partial charge in [0.2, 0.25) is 0 Å². The fraction of sp³-hybridized carbons (Fsp3) is 0.